The van der Waals surface area contributed by atoms with Crippen molar-refractivity contribution in [3.8, 4) is 0 Å². The van der Waals surface area contributed by atoms with Crippen LogP contribution >= 0.6 is 0 Å². The average molecular weight is 289 g/mol. The van der Waals surface area contributed by atoms with E-state index in [0.717, 1.165) is 12.8 Å². The Morgan fingerprint density at radius 2 is 1.90 bits per heavy atom. The van der Waals surface area contributed by atoms with E-state index in [9.17, 15) is 14.4 Å². The molecule has 1 aliphatic rings. The fourth-order valence-electron chi connectivity index (χ4n) is 2.28. The SMILES string of the molecule is CC(=O)Nc1cccc(NC(=O)CN2CCCCC2=O)c1. The van der Waals surface area contributed by atoms with Crippen molar-refractivity contribution in [3.63, 3.8) is 0 Å². The maximum atomic E-state index is 12.0. The zero-order valence-electron chi connectivity index (χ0n) is 12.0. The van der Waals surface area contributed by atoms with Crippen molar-refractivity contribution in [2.24, 2.45) is 0 Å². The summed E-state index contributed by atoms with van der Waals surface area (Å²) in [6.07, 6.45) is 2.36. The van der Waals surface area contributed by atoms with Crippen LogP contribution in [0.1, 0.15) is 26.2 Å². The molecule has 1 heterocycles. The Kier molecular flexibility index (Phi) is 4.92. The van der Waals surface area contributed by atoms with Gasteiger partial charge in [-0.2, -0.15) is 0 Å². The zero-order chi connectivity index (χ0) is 15.2. The van der Waals surface area contributed by atoms with Crippen molar-refractivity contribution in [2.45, 2.75) is 26.2 Å². The molecular weight excluding hydrogens is 270 g/mol. The van der Waals surface area contributed by atoms with E-state index in [0.29, 0.717) is 24.3 Å². The molecule has 0 bridgehead atoms. The molecule has 1 aliphatic heterocycles. The lowest BCUT2D eigenvalue weighted by Crippen LogP contribution is -2.40. The molecule has 1 aromatic rings. The van der Waals surface area contributed by atoms with Gasteiger partial charge in [-0.1, -0.05) is 6.07 Å². The topological polar surface area (TPSA) is 78.5 Å². The van der Waals surface area contributed by atoms with Crippen molar-refractivity contribution in [1.29, 1.82) is 0 Å². The fourth-order valence-corrected chi connectivity index (χ4v) is 2.28. The van der Waals surface area contributed by atoms with Gasteiger partial charge in [-0.25, -0.2) is 0 Å². The van der Waals surface area contributed by atoms with Crippen LogP contribution in [0.3, 0.4) is 0 Å². The number of likely N-dealkylation sites (tertiary alicyclic amines) is 1. The Bertz CT molecular complexity index is 557. The van der Waals surface area contributed by atoms with Crippen molar-refractivity contribution in [3.05, 3.63) is 24.3 Å². The first-order chi connectivity index (χ1) is 10.0. The summed E-state index contributed by atoms with van der Waals surface area (Å²) >= 11 is 0. The molecule has 6 heteroatoms. The lowest BCUT2D eigenvalue weighted by Gasteiger charge is -2.26. The van der Waals surface area contributed by atoms with Crippen molar-refractivity contribution in [1.82, 2.24) is 4.90 Å². The summed E-state index contributed by atoms with van der Waals surface area (Å²) in [5, 5.41) is 5.39. The third kappa shape index (κ3) is 4.59. The van der Waals surface area contributed by atoms with E-state index in [-0.39, 0.29) is 24.3 Å². The highest BCUT2D eigenvalue weighted by Gasteiger charge is 2.20. The van der Waals surface area contributed by atoms with Crippen LogP contribution in [-0.4, -0.2) is 35.7 Å². The molecule has 21 heavy (non-hydrogen) atoms. The first kappa shape index (κ1) is 15.0. The van der Waals surface area contributed by atoms with Crippen LogP contribution in [0, 0.1) is 0 Å². The summed E-state index contributed by atoms with van der Waals surface area (Å²) in [7, 11) is 0. The molecule has 3 amide bonds. The standard InChI is InChI=1S/C15H19N3O3/c1-11(19)16-12-5-4-6-13(9-12)17-14(20)10-18-8-3-2-7-15(18)21/h4-6,9H,2-3,7-8,10H2,1H3,(H,16,19)(H,17,20). The Morgan fingerprint density at radius 3 is 2.57 bits per heavy atom. The fraction of sp³-hybridized carbons (Fsp3) is 0.400. The molecular formula is C15H19N3O3. The molecule has 1 aromatic carbocycles. The molecule has 1 fully saturated rings. The van der Waals surface area contributed by atoms with Gasteiger partial charge in [0.25, 0.3) is 0 Å². The number of piperidine rings is 1. The van der Waals surface area contributed by atoms with E-state index in [1.807, 2.05) is 0 Å². The Labute approximate surface area is 123 Å². The van der Waals surface area contributed by atoms with Gasteiger partial charge < -0.3 is 15.5 Å². The van der Waals surface area contributed by atoms with Gasteiger partial charge in [-0.3, -0.25) is 14.4 Å². The van der Waals surface area contributed by atoms with E-state index in [1.165, 1.54) is 6.92 Å². The molecule has 1 saturated heterocycles. The summed E-state index contributed by atoms with van der Waals surface area (Å²) in [4.78, 5) is 36.2. The van der Waals surface area contributed by atoms with Crippen molar-refractivity contribution >= 4 is 29.1 Å². The third-order valence-corrected chi connectivity index (χ3v) is 3.22. The number of rotatable bonds is 4. The van der Waals surface area contributed by atoms with Gasteiger partial charge in [0.1, 0.15) is 0 Å². The van der Waals surface area contributed by atoms with E-state index >= 15 is 0 Å². The molecule has 2 rings (SSSR count). The van der Waals surface area contributed by atoms with E-state index < -0.39 is 0 Å². The van der Waals surface area contributed by atoms with Gasteiger partial charge in [0.05, 0.1) is 6.54 Å². The molecule has 112 valence electrons. The number of anilines is 2. The summed E-state index contributed by atoms with van der Waals surface area (Å²) in [6.45, 7) is 2.13. The van der Waals surface area contributed by atoms with Crippen LogP contribution in [0.4, 0.5) is 11.4 Å². The largest absolute Gasteiger partial charge is 0.333 e. The Hall–Kier alpha value is -2.37. The van der Waals surface area contributed by atoms with Crippen LogP contribution in [0.25, 0.3) is 0 Å². The van der Waals surface area contributed by atoms with Crippen molar-refractivity contribution < 1.29 is 14.4 Å². The molecule has 0 unspecified atom stereocenters. The summed E-state index contributed by atoms with van der Waals surface area (Å²) in [5.74, 6) is -0.369. The number of nitrogens with one attached hydrogen (secondary N) is 2. The van der Waals surface area contributed by atoms with E-state index in [1.54, 1.807) is 29.2 Å². The lowest BCUT2D eigenvalue weighted by molar-refractivity contribution is -0.136. The molecule has 0 saturated carbocycles. The summed E-state index contributed by atoms with van der Waals surface area (Å²) < 4.78 is 0. The van der Waals surface area contributed by atoms with Gasteiger partial charge in [-0.05, 0) is 31.0 Å². The molecule has 0 aromatic heterocycles. The third-order valence-electron chi connectivity index (χ3n) is 3.22. The highest BCUT2D eigenvalue weighted by atomic mass is 16.2. The first-order valence-electron chi connectivity index (χ1n) is 7.00. The summed E-state index contributed by atoms with van der Waals surface area (Å²) in [5.41, 5.74) is 1.21. The Morgan fingerprint density at radius 1 is 1.19 bits per heavy atom. The highest BCUT2D eigenvalue weighted by molar-refractivity contribution is 5.96. The minimum Gasteiger partial charge on any atom is -0.333 e. The molecule has 0 radical (unpaired) electrons. The van der Waals surface area contributed by atoms with Gasteiger partial charge in [0.15, 0.2) is 0 Å². The molecule has 2 N–H and O–H groups in total. The van der Waals surface area contributed by atoms with Crippen LogP contribution in [-0.2, 0) is 14.4 Å². The van der Waals surface area contributed by atoms with Crippen LogP contribution in [0.2, 0.25) is 0 Å². The predicted octanol–water partition coefficient (Wildman–Crippen LogP) is 1.60. The number of hydrogen-bond acceptors (Lipinski definition) is 3. The second-order valence-electron chi connectivity index (χ2n) is 5.08. The maximum absolute atomic E-state index is 12.0. The average Bonchev–Trinajstić information content (AvgIpc) is 2.41. The van der Waals surface area contributed by atoms with Gasteiger partial charge in [-0.15, -0.1) is 0 Å². The molecule has 0 aliphatic carbocycles. The van der Waals surface area contributed by atoms with Crippen LogP contribution in [0.15, 0.2) is 24.3 Å². The van der Waals surface area contributed by atoms with E-state index in [4.69, 9.17) is 0 Å². The Balaban J connectivity index is 1.92. The highest BCUT2D eigenvalue weighted by Crippen LogP contribution is 2.15. The first-order valence-corrected chi connectivity index (χ1v) is 7.00. The van der Waals surface area contributed by atoms with Crippen LogP contribution < -0.4 is 10.6 Å². The quantitative estimate of drug-likeness (QED) is 0.883. The zero-order valence-corrected chi connectivity index (χ0v) is 12.0. The van der Waals surface area contributed by atoms with Gasteiger partial charge in [0.2, 0.25) is 17.7 Å². The lowest BCUT2D eigenvalue weighted by atomic mass is 10.1. The molecule has 0 atom stereocenters. The number of hydrogen-bond donors (Lipinski definition) is 2. The number of nitrogens with zero attached hydrogens (tertiary/aromatic N) is 1. The van der Waals surface area contributed by atoms with E-state index in [2.05, 4.69) is 10.6 Å². The smallest absolute Gasteiger partial charge is 0.243 e. The summed E-state index contributed by atoms with van der Waals surface area (Å²) in [6, 6.07) is 6.90. The second-order valence-corrected chi connectivity index (χ2v) is 5.08. The monoisotopic (exact) mass is 289 g/mol. The van der Waals surface area contributed by atoms with Gasteiger partial charge >= 0.3 is 0 Å². The van der Waals surface area contributed by atoms with Crippen LogP contribution in [0.5, 0.6) is 0 Å². The molecule has 0 spiro atoms. The second kappa shape index (κ2) is 6.88. The van der Waals surface area contributed by atoms with Gasteiger partial charge in [0, 0.05) is 31.3 Å². The predicted molar refractivity (Wildman–Crippen MR) is 79.8 cm³/mol. The maximum Gasteiger partial charge on any atom is 0.243 e. The number of amides is 3. The minimum atomic E-state index is -0.231. The minimum absolute atomic E-state index is 0.0309. The number of carbonyl (C=O) groups excluding carboxylic acids is 3. The van der Waals surface area contributed by atoms with Crippen molar-refractivity contribution in [2.75, 3.05) is 23.7 Å². The number of carbonyl (C=O) groups is 3. The number of benzene rings is 1. The normalized spacial score (nSPS) is 14.7. The molecule has 6 nitrogen and oxygen atoms in total.